The van der Waals surface area contributed by atoms with Crippen LogP contribution in [0.25, 0.3) is 0 Å². The van der Waals surface area contributed by atoms with Crippen LogP contribution >= 0.6 is 0 Å². The van der Waals surface area contributed by atoms with E-state index in [9.17, 15) is 14.7 Å². The fourth-order valence-electron chi connectivity index (χ4n) is 2.45. The van der Waals surface area contributed by atoms with Crippen molar-refractivity contribution in [1.82, 2.24) is 4.90 Å². The van der Waals surface area contributed by atoms with E-state index in [1.165, 1.54) is 4.90 Å². The van der Waals surface area contributed by atoms with Gasteiger partial charge in [0.2, 0.25) is 5.91 Å². The third kappa shape index (κ3) is 3.15. The Labute approximate surface area is 116 Å². The van der Waals surface area contributed by atoms with Crippen molar-refractivity contribution in [3.8, 4) is 0 Å². The first-order valence-electron chi connectivity index (χ1n) is 6.50. The number of aliphatic hydroxyl groups is 1. The van der Waals surface area contributed by atoms with E-state index in [0.717, 1.165) is 5.56 Å². The van der Waals surface area contributed by atoms with Gasteiger partial charge in [-0.2, -0.15) is 0 Å². The highest BCUT2D eigenvalue weighted by molar-refractivity contribution is 5.84. The minimum atomic E-state index is -1.09. The summed E-state index contributed by atoms with van der Waals surface area (Å²) in [5.41, 5.74) is 6.79. The molecule has 1 aliphatic heterocycles. The third-order valence-corrected chi connectivity index (χ3v) is 3.51. The van der Waals surface area contributed by atoms with Crippen molar-refractivity contribution < 1.29 is 19.8 Å². The van der Waals surface area contributed by atoms with Gasteiger partial charge in [0.05, 0.1) is 6.10 Å². The minimum absolute atomic E-state index is 0.0283. The maximum atomic E-state index is 12.2. The number of hydrogen-bond acceptors (Lipinski definition) is 4. The van der Waals surface area contributed by atoms with Crippen molar-refractivity contribution in [2.45, 2.75) is 31.0 Å². The lowest BCUT2D eigenvalue weighted by molar-refractivity contribution is -0.148. The van der Waals surface area contributed by atoms with Gasteiger partial charge in [-0.15, -0.1) is 0 Å². The number of likely N-dealkylation sites (tertiary alicyclic amines) is 1. The predicted octanol–water partition coefficient (Wildman–Crippen LogP) is 0.123. The molecule has 20 heavy (non-hydrogen) atoms. The molecular formula is C14H18N2O4. The highest BCUT2D eigenvalue weighted by Gasteiger charge is 2.39. The average Bonchev–Trinajstić information content (AvgIpc) is 2.82. The van der Waals surface area contributed by atoms with E-state index in [0.29, 0.717) is 0 Å². The molecular weight excluding hydrogens is 260 g/mol. The Morgan fingerprint density at radius 1 is 1.35 bits per heavy atom. The van der Waals surface area contributed by atoms with Crippen LogP contribution in [-0.2, 0) is 9.59 Å². The number of aliphatic carboxylic acids is 1. The first kappa shape index (κ1) is 14.5. The van der Waals surface area contributed by atoms with E-state index in [-0.39, 0.29) is 25.3 Å². The number of carboxylic acid groups (broad SMARTS) is 1. The zero-order valence-electron chi connectivity index (χ0n) is 11.0. The summed E-state index contributed by atoms with van der Waals surface area (Å²) in [5.74, 6) is -1.44. The van der Waals surface area contributed by atoms with E-state index < -0.39 is 24.2 Å². The number of hydrogen-bond donors (Lipinski definition) is 3. The second-order valence-corrected chi connectivity index (χ2v) is 5.01. The molecule has 1 aromatic rings. The van der Waals surface area contributed by atoms with Gasteiger partial charge in [0.25, 0.3) is 0 Å². The van der Waals surface area contributed by atoms with E-state index in [2.05, 4.69) is 0 Å². The molecule has 4 N–H and O–H groups in total. The molecule has 1 saturated heterocycles. The largest absolute Gasteiger partial charge is 0.480 e. The highest BCUT2D eigenvalue weighted by atomic mass is 16.4. The van der Waals surface area contributed by atoms with Crippen molar-refractivity contribution in [3.05, 3.63) is 35.9 Å². The maximum Gasteiger partial charge on any atom is 0.326 e. The highest BCUT2D eigenvalue weighted by Crippen LogP contribution is 2.22. The summed E-state index contributed by atoms with van der Waals surface area (Å²) in [6.45, 7) is 0.0529. The number of carbonyl (C=O) groups is 2. The molecule has 0 saturated carbocycles. The van der Waals surface area contributed by atoms with Crippen LogP contribution in [0, 0.1) is 0 Å². The zero-order chi connectivity index (χ0) is 14.7. The van der Waals surface area contributed by atoms with Crippen molar-refractivity contribution in [1.29, 1.82) is 0 Å². The first-order valence-corrected chi connectivity index (χ1v) is 6.50. The van der Waals surface area contributed by atoms with E-state index in [1.54, 1.807) is 0 Å². The zero-order valence-corrected chi connectivity index (χ0v) is 11.0. The number of benzene rings is 1. The molecule has 1 aliphatic rings. The second-order valence-electron chi connectivity index (χ2n) is 5.01. The maximum absolute atomic E-state index is 12.2. The number of carboxylic acids is 1. The third-order valence-electron chi connectivity index (χ3n) is 3.51. The van der Waals surface area contributed by atoms with Crippen LogP contribution in [0.5, 0.6) is 0 Å². The van der Waals surface area contributed by atoms with Gasteiger partial charge in [-0.05, 0) is 5.56 Å². The molecule has 0 bridgehead atoms. The molecule has 1 aromatic carbocycles. The smallest absolute Gasteiger partial charge is 0.326 e. The Bertz CT molecular complexity index is 491. The molecule has 6 heteroatoms. The Hall–Kier alpha value is -1.92. The topological polar surface area (TPSA) is 104 Å². The SMILES string of the molecule is NC(CC(=O)N1CC(O)CC1C(=O)O)c1ccccc1. The monoisotopic (exact) mass is 278 g/mol. The number of amides is 1. The average molecular weight is 278 g/mol. The fraction of sp³-hybridized carbons (Fsp3) is 0.429. The van der Waals surface area contributed by atoms with Crippen LogP contribution in [0.15, 0.2) is 30.3 Å². The van der Waals surface area contributed by atoms with Crippen molar-refractivity contribution in [2.75, 3.05) is 6.54 Å². The summed E-state index contributed by atoms with van der Waals surface area (Å²) in [6, 6.07) is 7.74. The van der Waals surface area contributed by atoms with Crippen LogP contribution < -0.4 is 5.73 Å². The van der Waals surface area contributed by atoms with Gasteiger partial charge < -0.3 is 20.8 Å². The van der Waals surface area contributed by atoms with Gasteiger partial charge in [-0.1, -0.05) is 30.3 Å². The van der Waals surface area contributed by atoms with E-state index in [1.807, 2.05) is 30.3 Å². The molecule has 6 nitrogen and oxygen atoms in total. The van der Waals surface area contributed by atoms with Crippen LogP contribution in [-0.4, -0.2) is 45.7 Å². The molecule has 108 valence electrons. The predicted molar refractivity (Wildman–Crippen MR) is 71.7 cm³/mol. The molecule has 2 rings (SSSR count). The molecule has 1 amide bonds. The Balaban J connectivity index is 2.02. The van der Waals surface area contributed by atoms with Crippen LogP contribution in [0.2, 0.25) is 0 Å². The first-order chi connectivity index (χ1) is 9.49. The minimum Gasteiger partial charge on any atom is -0.480 e. The van der Waals surface area contributed by atoms with Crippen molar-refractivity contribution in [2.24, 2.45) is 5.73 Å². The Morgan fingerprint density at radius 3 is 2.60 bits per heavy atom. The fourth-order valence-corrected chi connectivity index (χ4v) is 2.45. The standard InChI is InChI=1S/C14H18N2O4/c15-11(9-4-2-1-3-5-9)7-13(18)16-8-10(17)6-12(16)14(19)20/h1-5,10-12,17H,6-8,15H2,(H,19,20). The lowest BCUT2D eigenvalue weighted by Gasteiger charge is -2.23. The van der Waals surface area contributed by atoms with Gasteiger partial charge in [-0.3, -0.25) is 4.79 Å². The van der Waals surface area contributed by atoms with Crippen LogP contribution in [0.4, 0.5) is 0 Å². The van der Waals surface area contributed by atoms with Crippen molar-refractivity contribution >= 4 is 11.9 Å². The molecule has 3 atom stereocenters. The number of nitrogens with two attached hydrogens (primary N) is 1. The Morgan fingerprint density at radius 2 is 2.00 bits per heavy atom. The van der Waals surface area contributed by atoms with Gasteiger partial charge in [0, 0.05) is 25.4 Å². The number of aliphatic hydroxyl groups excluding tert-OH is 1. The van der Waals surface area contributed by atoms with Gasteiger partial charge in [-0.25, -0.2) is 4.79 Å². The van der Waals surface area contributed by atoms with E-state index in [4.69, 9.17) is 10.8 Å². The lowest BCUT2D eigenvalue weighted by Crippen LogP contribution is -2.41. The number of carbonyl (C=O) groups excluding carboxylic acids is 1. The summed E-state index contributed by atoms with van der Waals surface area (Å²) in [6.07, 6.45) is -0.685. The summed E-state index contributed by atoms with van der Waals surface area (Å²) >= 11 is 0. The molecule has 0 aromatic heterocycles. The van der Waals surface area contributed by atoms with Gasteiger partial charge in [0.1, 0.15) is 6.04 Å². The molecule has 0 aliphatic carbocycles. The molecule has 0 spiro atoms. The second kappa shape index (κ2) is 6.02. The number of β-amino-alcohol motifs (C(OH)–C–C–N with tert-alkyl or cyclic N) is 1. The summed E-state index contributed by atoms with van der Waals surface area (Å²) in [5, 5.41) is 18.6. The summed E-state index contributed by atoms with van der Waals surface area (Å²) in [4.78, 5) is 24.4. The van der Waals surface area contributed by atoms with E-state index >= 15 is 0 Å². The summed E-state index contributed by atoms with van der Waals surface area (Å²) in [7, 11) is 0. The molecule has 1 heterocycles. The normalized spacial score (nSPS) is 23.6. The molecule has 0 radical (unpaired) electrons. The van der Waals surface area contributed by atoms with Crippen LogP contribution in [0.3, 0.4) is 0 Å². The van der Waals surface area contributed by atoms with Crippen LogP contribution in [0.1, 0.15) is 24.4 Å². The van der Waals surface area contributed by atoms with Gasteiger partial charge in [0.15, 0.2) is 0 Å². The van der Waals surface area contributed by atoms with Crippen molar-refractivity contribution in [3.63, 3.8) is 0 Å². The number of nitrogens with zero attached hydrogens (tertiary/aromatic N) is 1. The molecule has 3 unspecified atom stereocenters. The summed E-state index contributed by atoms with van der Waals surface area (Å²) < 4.78 is 0. The quantitative estimate of drug-likeness (QED) is 0.726. The number of rotatable bonds is 4. The molecule has 1 fully saturated rings. The lowest BCUT2D eigenvalue weighted by atomic mass is 10.0. The van der Waals surface area contributed by atoms with Gasteiger partial charge >= 0.3 is 5.97 Å². The Kier molecular flexibility index (Phi) is 4.36.